The summed E-state index contributed by atoms with van der Waals surface area (Å²) in [6.07, 6.45) is 2.60. The van der Waals surface area contributed by atoms with Gasteiger partial charge in [-0.15, -0.1) is 0 Å². The minimum Gasteiger partial charge on any atom is -0.456 e. The molecule has 0 aliphatic carbocycles. The molecule has 0 saturated carbocycles. The second kappa shape index (κ2) is 5.17. The summed E-state index contributed by atoms with van der Waals surface area (Å²) in [5, 5.41) is 7.73. The van der Waals surface area contributed by atoms with E-state index < -0.39 is 23.8 Å². The minimum absolute atomic E-state index is 0.228. The van der Waals surface area contributed by atoms with Gasteiger partial charge >= 0.3 is 6.03 Å². The number of rotatable bonds is 2. The SMILES string of the molecule is O=C1NC(=O)[C@@H](c2cc3nc(C4=CCNCC4)c(F)cc3o2)N1. The smallest absolute Gasteiger partial charge is 0.322 e. The van der Waals surface area contributed by atoms with E-state index >= 15 is 0 Å². The number of imide groups is 1. The van der Waals surface area contributed by atoms with Gasteiger partial charge in [0.2, 0.25) is 0 Å². The van der Waals surface area contributed by atoms with Gasteiger partial charge in [-0.2, -0.15) is 0 Å². The lowest BCUT2D eigenvalue weighted by Gasteiger charge is -2.13. The first-order chi connectivity index (χ1) is 11.1. The van der Waals surface area contributed by atoms with E-state index in [0.29, 0.717) is 24.2 Å². The van der Waals surface area contributed by atoms with Crippen LogP contribution in [0.15, 0.2) is 22.6 Å². The van der Waals surface area contributed by atoms with Crippen LogP contribution in [0.4, 0.5) is 9.18 Å². The van der Waals surface area contributed by atoms with E-state index in [1.54, 1.807) is 6.07 Å². The maximum absolute atomic E-state index is 14.3. The molecule has 0 unspecified atom stereocenters. The lowest BCUT2D eigenvalue weighted by atomic mass is 10.0. The summed E-state index contributed by atoms with van der Waals surface area (Å²) in [6.45, 7) is 1.45. The van der Waals surface area contributed by atoms with Gasteiger partial charge in [0.1, 0.15) is 17.0 Å². The van der Waals surface area contributed by atoms with E-state index in [2.05, 4.69) is 20.9 Å². The first-order valence-corrected chi connectivity index (χ1v) is 7.23. The highest BCUT2D eigenvalue weighted by Gasteiger charge is 2.34. The van der Waals surface area contributed by atoms with Crippen molar-refractivity contribution in [1.29, 1.82) is 0 Å². The highest BCUT2D eigenvalue weighted by molar-refractivity contribution is 6.04. The summed E-state index contributed by atoms with van der Waals surface area (Å²) in [5.41, 5.74) is 1.83. The Labute approximate surface area is 129 Å². The van der Waals surface area contributed by atoms with Crippen LogP contribution in [0.1, 0.15) is 23.9 Å². The largest absolute Gasteiger partial charge is 0.456 e. The number of nitrogens with zero attached hydrogens (tertiary/aromatic N) is 1. The predicted octanol–water partition coefficient (Wildman–Crippen LogP) is 1.22. The molecule has 4 heterocycles. The van der Waals surface area contributed by atoms with Crippen LogP contribution in [0.25, 0.3) is 16.7 Å². The van der Waals surface area contributed by atoms with E-state index in [1.807, 2.05) is 6.08 Å². The Morgan fingerprint density at radius 1 is 1.30 bits per heavy atom. The van der Waals surface area contributed by atoms with E-state index in [4.69, 9.17) is 4.42 Å². The number of carbonyl (C=O) groups excluding carboxylic acids is 2. The van der Waals surface area contributed by atoms with Crippen LogP contribution < -0.4 is 16.0 Å². The van der Waals surface area contributed by atoms with Crippen molar-refractivity contribution in [1.82, 2.24) is 20.9 Å². The van der Waals surface area contributed by atoms with Crippen LogP contribution in [-0.2, 0) is 4.79 Å². The molecule has 2 aliphatic heterocycles. The first kappa shape index (κ1) is 13.9. The van der Waals surface area contributed by atoms with Crippen molar-refractivity contribution in [3.05, 3.63) is 35.5 Å². The van der Waals surface area contributed by atoms with Gasteiger partial charge in [-0.25, -0.2) is 14.2 Å². The third-order valence-corrected chi connectivity index (χ3v) is 3.90. The van der Waals surface area contributed by atoms with E-state index in [9.17, 15) is 14.0 Å². The average Bonchev–Trinajstić information content (AvgIpc) is 3.09. The number of halogens is 1. The Hall–Kier alpha value is -2.74. The molecule has 2 aromatic rings. The molecule has 0 bridgehead atoms. The van der Waals surface area contributed by atoms with Crippen LogP contribution in [0.5, 0.6) is 0 Å². The van der Waals surface area contributed by atoms with Gasteiger partial charge < -0.3 is 15.1 Å². The number of hydrogen-bond acceptors (Lipinski definition) is 5. The summed E-state index contributed by atoms with van der Waals surface area (Å²) in [7, 11) is 0. The topological polar surface area (TPSA) is 96.3 Å². The maximum atomic E-state index is 14.3. The van der Waals surface area contributed by atoms with Crippen molar-refractivity contribution < 1.29 is 18.4 Å². The maximum Gasteiger partial charge on any atom is 0.322 e. The highest BCUT2D eigenvalue weighted by atomic mass is 19.1. The number of nitrogens with one attached hydrogen (secondary N) is 3. The molecule has 1 fully saturated rings. The normalized spacial score (nSPS) is 21.3. The van der Waals surface area contributed by atoms with Gasteiger partial charge in [-0.05, 0) is 18.5 Å². The van der Waals surface area contributed by atoms with Crippen molar-refractivity contribution in [3.63, 3.8) is 0 Å². The Kier molecular flexibility index (Phi) is 3.12. The number of amides is 3. The van der Waals surface area contributed by atoms with Gasteiger partial charge in [-0.1, -0.05) is 6.08 Å². The van der Waals surface area contributed by atoms with E-state index in [1.165, 1.54) is 6.07 Å². The van der Waals surface area contributed by atoms with Crippen molar-refractivity contribution in [3.8, 4) is 0 Å². The number of carbonyl (C=O) groups is 2. The predicted molar refractivity (Wildman–Crippen MR) is 78.8 cm³/mol. The van der Waals surface area contributed by atoms with Crippen LogP contribution in [0.2, 0.25) is 0 Å². The van der Waals surface area contributed by atoms with Gasteiger partial charge in [-0.3, -0.25) is 10.1 Å². The van der Waals surface area contributed by atoms with Crippen LogP contribution in [0.3, 0.4) is 0 Å². The van der Waals surface area contributed by atoms with Crippen molar-refractivity contribution in [2.45, 2.75) is 12.5 Å². The zero-order valence-electron chi connectivity index (χ0n) is 12.0. The molecule has 3 N–H and O–H groups in total. The quantitative estimate of drug-likeness (QED) is 0.724. The van der Waals surface area contributed by atoms with Crippen molar-refractivity contribution >= 4 is 28.6 Å². The Morgan fingerprint density at radius 2 is 2.17 bits per heavy atom. The molecule has 1 saturated heterocycles. The molecule has 2 aliphatic rings. The average molecular weight is 316 g/mol. The minimum atomic E-state index is -0.915. The molecule has 0 radical (unpaired) electrons. The van der Waals surface area contributed by atoms with Crippen LogP contribution in [0, 0.1) is 5.82 Å². The lowest BCUT2D eigenvalue weighted by Crippen LogP contribution is -2.22. The molecule has 1 atom stereocenters. The van der Waals surface area contributed by atoms with Crippen molar-refractivity contribution in [2.75, 3.05) is 13.1 Å². The zero-order chi connectivity index (χ0) is 16.0. The number of pyridine rings is 1. The fourth-order valence-electron chi connectivity index (χ4n) is 2.78. The molecule has 0 spiro atoms. The molecule has 118 valence electrons. The van der Waals surface area contributed by atoms with Crippen LogP contribution in [-0.4, -0.2) is 30.0 Å². The molecule has 23 heavy (non-hydrogen) atoms. The second-order valence-electron chi connectivity index (χ2n) is 5.43. The first-order valence-electron chi connectivity index (χ1n) is 7.23. The Bertz CT molecular complexity index is 858. The third-order valence-electron chi connectivity index (χ3n) is 3.90. The standard InChI is InChI=1S/C15H13FN4O3/c16-8-5-10-9(18-12(8)7-1-3-17-4-2-7)6-11(23-10)13-14(21)20-15(22)19-13/h1,5-6,13,17H,2-4H2,(H2,19,20,21,22)/t13-/m1/s1. The summed E-state index contributed by atoms with van der Waals surface area (Å²) in [5.74, 6) is -0.742. The number of urea groups is 1. The fourth-order valence-corrected chi connectivity index (χ4v) is 2.78. The molecule has 2 aromatic heterocycles. The Balaban J connectivity index is 1.76. The second-order valence-corrected chi connectivity index (χ2v) is 5.43. The summed E-state index contributed by atoms with van der Waals surface area (Å²) in [6, 6.07) is 1.32. The van der Waals surface area contributed by atoms with Gasteiger partial charge in [0, 0.05) is 18.7 Å². The zero-order valence-corrected chi connectivity index (χ0v) is 12.0. The molecular formula is C15H13FN4O3. The van der Waals surface area contributed by atoms with Crippen molar-refractivity contribution in [2.24, 2.45) is 0 Å². The Morgan fingerprint density at radius 3 is 2.87 bits per heavy atom. The molecule has 0 aromatic carbocycles. The van der Waals surface area contributed by atoms with E-state index in [0.717, 1.165) is 12.1 Å². The monoisotopic (exact) mass is 316 g/mol. The molecule has 7 nitrogen and oxygen atoms in total. The summed E-state index contributed by atoms with van der Waals surface area (Å²) in [4.78, 5) is 27.2. The number of aromatic nitrogens is 1. The molecular weight excluding hydrogens is 303 g/mol. The number of furan rings is 1. The summed E-state index contributed by atoms with van der Waals surface area (Å²) < 4.78 is 19.8. The van der Waals surface area contributed by atoms with Gasteiger partial charge in [0.05, 0.1) is 0 Å². The van der Waals surface area contributed by atoms with Gasteiger partial charge in [0.25, 0.3) is 5.91 Å². The third kappa shape index (κ3) is 2.36. The fraction of sp³-hybridized carbons (Fsp3) is 0.267. The lowest BCUT2D eigenvalue weighted by molar-refractivity contribution is -0.120. The van der Waals surface area contributed by atoms with Gasteiger partial charge in [0.15, 0.2) is 17.4 Å². The summed E-state index contributed by atoms with van der Waals surface area (Å²) >= 11 is 0. The number of hydrogen-bond donors (Lipinski definition) is 3. The molecule has 3 amide bonds. The van der Waals surface area contributed by atoms with Crippen LogP contribution >= 0.6 is 0 Å². The molecule has 4 rings (SSSR count). The van der Waals surface area contributed by atoms with E-state index in [-0.39, 0.29) is 11.3 Å². The highest BCUT2D eigenvalue weighted by Crippen LogP contribution is 2.29. The number of fused-ring (bicyclic) bond motifs is 1. The molecule has 8 heteroatoms.